The summed E-state index contributed by atoms with van der Waals surface area (Å²) in [7, 11) is 0. The second-order valence-corrected chi connectivity index (χ2v) is 3.45. The van der Waals surface area contributed by atoms with Crippen molar-refractivity contribution in [1.29, 1.82) is 0 Å². The lowest BCUT2D eigenvalue weighted by atomic mass is 10.1. The van der Waals surface area contributed by atoms with Crippen molar-refractivity contribution in [3.63, 3.8) is 0 Å². The number of benzene rings is 1. The molecule has 0 saturated carbocycles. The predicted octanol–water partition coefficient (Wildman–Crippen LogP) is 0.0470. The fourth-order valence-electron chi connectivity index (χ4n) is 1.85. The number of carbonyl (C=O) groups excluding carboxylic acids is 2. The maximum absolute atomic E-state index is 11.5. The predicted molar refractivity (Wildman–Crippen MR) is 50.9 cm³/mol. The molecule has 0 radical (unpaired) electrons. The Morgan fingerprint density at radius 3 is 2.62 bits per heavy atom. The molecular formula is C10H7NO5. The van der Waals surface area contributed by atoms with Gasteiger partial charge in [0.2, 0.25) is 0 Å². The molecule has 0 unspecified atom stereocenters. The van der Waals surface area contributed by atoms with Crippen molar-refractivity contribution in [2.45, 2.75) is 0 Å². The third kappa shape index (κ3) is 1.01. The zero-order valence-corrected chi connectivity index (χ0v) is 8.07. The van der Waals surface area contributed by atoms with Crippen molar-refractivity contribution in [2.24, 2.45) is 0 Å². The van der Waals surface area contributed by atoms with Gasteiger partial charge in [0.05, 0.1) is 5.56 Å². The largest absolute Gasteiger partial charge is 0.507 e. The second-order valence-electron chi connectivity index (χ2n) is 3.45. The monoisotopic (exact) mass is 221 g/mol. The zero-order chi connectivity index (χ0) is 11.3. The number of fused-ring (bicyclic) bond motifs is 3. The first-order valence-corrected chi connectivity index (χ1v) is 4.69. The van der Waals surface area contributed by atoms with Crippen LogP contribution in [-0.4, -0.2) is 30.1 Å². The van der Waals surface area contributed by atoms with Gasteiger partial charge in [-0.25, -0.2) is 0 Å². The Balaban J connectivity index is 2.33. The second kappa shape index (κ2) is 2.88. The van der Waals surface area contributed by atoms with Gasteiger partial charge in [0, 0.05) is 6.07 Å². The first-order valence-electron chi connectivity index (χ1n) is 4.69. The average Bonchev–Trinajstić information content (AvgIpc) is 2.55. The van der Waals surface area contributed by atoms with E-state index in [1.807, 2.05) is 0 Å². The normalized spacial score (nSPS) is 17.0. The Labute approximate surface area is 89.8 Å². The molecule has 6 nitrogen and oxygen atoms in total. The highest BCUT2D eigenvalue weighted by Gasteiger charge is 2.36. The highest BCUT2D eigenvalue weighted by Crippen LogP contribution is 2.42. The molecule has 2 N–H and O–H groups in total. The first-order chi connectivity index (χ1) is 7.68. The van der Waals surface area contributed by atoms with Crippen LogP contribution in [-0.2, 0) is 0 Å². The highest BCUT2D eigenvalue weighted by atomic mass is 16.6. The van der Waals surface area contributed by atoms with Gasteiger partial charge in [-0.1, -0.05) is 0 Å². The summed E-state index contributed by atoms with van der Waals surface area (Å²) in [6.45, 7) is 0.659. The number of amides is 2. The maximum atomic E-state index is 11.5. The molecule has 6 heteroatoms. The van der Waals surface area contributed by atoms with Crippen molar-refractivity contribution >= 4 is 11.8 Å². The van der Waals surface area contributed by atoms with E-state index in [0.717, 1.165) is 0 Å². The molecule has 0 aromatic heterocycles. The molecular weight excluding hydrogens is 214 g/mol. The molecule has 16 heavy (non-hydrogen) atoms. The van der Waals surface area contributed by atoms with Crippen LogP contribution in [0.25, 0.3) is 0 Å². The van der Waals surface area contributed by atoms with E-state index in [0.29, 0.717) is 13.2 Å². The van der Waals surface area contributed by atoms with Crippen LogP contribution in [0.2, 0.25) is 0 Å². The van der Waals surface area contributed by atoms with Crippen molar-refractivity contribution < 1.29 is 24.2 Å². The van der Waals surface area contributed by atoms with Crippen molar-refractivity contribution in [2.75, 3.05) is 13.2 Å². The number of aromatic hydroxyl groups is 1. The molecule has 0 saturated heterocycles. The van der Waals surface area contributed by atoms with Gasteiger partial charge in [0.15, 0.2) is 11.5 Å². The zero-order valence-electron chi connectivity index (χ0n) is 8.07. The molecule has 0 bridgehead atoms. The molecule has 0 atom stereocenters. The van der Waals surface area contributed by atoms with Gasteiger partial charge >= 0.3 is 0 Å². The number of hydrogen-bond acceptors (Lipinski definition) is 5. The van der Waals surface area contributed by atoms with Gasteiger partial charge in [0.25, 0.3) is 11.8 Å². The minimum absolute atomic E-state index is 0.0470. The fourth-order valence-corrected chi connectivity index (χ4v) is 1.85. The molecule has 0 fully saturated rings. The van der Waals surface area contributed by atoms with Crippen LogP contribution in [0.15, 0.2) is 6.07 Å². The van der Waals surface area contributed by atoms with E-state index < -0.39 is 11.8 Å². The van der Waals surface area contributed by atoms with E-state index in [4.69, 9.17) is 9.47 Å². The molecule has 2 aliphatic heterocycles. The fraction of sp³-hybridized carbons (Fsp3) is 0.200. The van der Waals surface area contributed by atoms with Gasteiger partial charge in [-0.2, -0.15) is 0 Å². The summed E-state index contributed by atoms with van der Waals surface area (Å²) >= 11 is 0. The Morgan fingerprint density at radius 2 is 1.81 bits per heavy atom. The molecule has 2 aliphatic rings. The van der Waals surface area contributed by atoms with Crippen LogP contribution in [0, 0.1) is 0 Å². The minimum Gasteiger partial charge on any atom is -0.507 e. The number of imide groups is 1. The third-order valence-electron chi connectivity index (χ3n) is 2.49. The van der Waals surface area contributed by atoms with Crippen molar-refractivity contribution in [3.05, 3.63) is 17.2 Å². The smallest absolute Gasteiger partial charge is 0.262 e. The van der Waals surface area contributed by atoms with Gasteiger partial charge < -0.3 is 14.6 Å². The summed E-state index contributed by atoms with van der Waals surface area (Å²) in [6.07, 6.45) is 0. The highest BCUT2D eigenvalue weighted by molar-refractivity contribution is 6.24. The van der Waals surface area contributed by atoms with Crippen molar-refractivity contribution in [1.82, 2.24) is 5.32 Å². The number of carbonyl (C=O) groups is 2. The van der Waals surface area contributed by atoms with Gasteiger partial charge in [-0.3, -0.25) is 14.9 Å². The van der Waals surface area contributed by atoms with Crippen LogP contribution in [0.3, 0.4) is 0 Å². The van der Waals surface area contributed by atoms with E-state index in [9.17, 15) is 14.7 Å². The summed E-state index contributed by atoms with van der Waals surface area (Å²) in [5, 5.41) is 11.7. The minimum atomic E-state index is -0.616. The lowest BCUT2D eigenvalue weighted by molar-refractivity contribution is 0.0876. The Morgan fingerprint density at radius 1 is 1.12 bits per heavy atom. The Bertz CT molecular complexity index is 522. The SMILES string of the molecule is O=C1NC(=O)c2c3c(cc(O)c21)OCCO3. The van der Waals surface area contributed by atoms with E-state index in [2.05, 4.69) is 5.32 Å². The molecule has 0 aliphatic carbocycles. The lowest BCUT2D eigenvalue weighted by Gasteiger charge is -2.20. The summed E-state index contributed by atoms with van der Waals surface area (Å²) in [4.78, 5) is 22.9. The first kappa shape index (κ1) is 9.02. The number of rotatable bonds is 0. The summed E-state index contributed by atoms with van der Waals surface area (Å²) in [5.41, 5.74) is 0.00829. The van der Waals surface area contributed by atoms with Gasteiger partial charge in [0.1, 0.15) is 24.5 Å². The summed E-state index contributed by atoms with van der Waals surface area (Å²) in [5.74, 6) is -0.954. The topological polar surface area (TPSA) is 84.9 Å². The third-order valence-corrected chi connectivity index (χ3v) is 2.49. The summed E-state index contributed by atoms with van der Waals surface area (Å²) < 4.78 is 10.5. The van der Waals surface area contributed by atoms with Crippen LogP contribution < -0.4 is 14.8 Å². The van der Waals surface area contributed by atoms with Gasteiger partial charge in [-0.15, -0.1) is 0 Å². The van der Waals surface area contributed by atoms with E-state index in [1.54, 1.807) is 0 Å². The molecule has 1 aromatic carbocycles. The number of phenolic OH excluding ortho intramolecular Hbond substituents is 1. The summed E-state index contributed by atoms with van der Waals surface area (Å²) in [6, 6.07) is 1.28. The quantitative estimate of drug-likeness (QED) is 0.604. The molecule has 82 valence electrons. The van der Waals surface area contributed by atoms with Crippen LogP contribution in [0.4, 0.5) is 0 Å². The van der Waals surface area contributed by atoms with E-state index in [1.165, 1.54) is 6.07 Å². The number of phenols is 1. The standard InChI is InChI=1S/C10H7NO5/c12-4-3-5-8(16-2-1-15-5)7-6(4)9(13)11-10(7)14/h3,12H,1-2H2,(H,11,13,14). The van der Waals surface area contributed by atoms with Crippen LogP contribution in [0.1, 0.15) is 20.7 Å². The number of hydrogen-bond donors (Lipinski definition) is 2. The van der Waals surface area contributed by atoms with Crippen LogP contribution in [0.5, 0.6) is 17.2 Å². The number of nitrogens with one attached hydrogen (secondary N) is 1. The molecule has 1 aromatic rings. The van der Waals surface area contributed by atoms with E-state index in [-0.39, 0.29) is 28.4 Å². The van der Waals surface area contributed by atoms with Gasteiger partial charge in [-0.05, 0) is 0 Å². The maximum Gasteiger partial charge on any atom is 0.262 e. The molecule has 3 rings (SSSR count). The van der Waals surface area contributed by atoms with Crippen LogP contribution >= 0.6 is 0 Å². The van der Waals surface area contributed by atoms with E-state index >= 15 is 0 Å². The lowest BCUT2D eigenvalue weighted by Crippen LogP contribution is -2.21. The Kier molecular flexibility index (Phi) is 1.62. The average molecular weight is 221 g/mol. The molecule has 0 spiro atoms. The molecule has 2 heterocycles. The number of ether oxygens (including phenoxy) is 2. The molecule has 2 amide bonds. The Hall–Kier alpha value is -2.24. The van der Waals surface area contributed by atoms with Crippen molar-refractivity contribution in [3.8, 4) is 17.2 Å².